The van der Waals surface area contributed by atoms with Gasteiger partial charge in [0.1, 0.15) is 11.5 Å². The summed E-state index contributed by atoms with van der Waals surface area (Å²) in [5.41, 5.74) is 2.69. The summed E-state index contributed by atoms with van der Waals surface area (Å²) < 4.78 is 10.9. The number of rotatable bonds is 5. The molecule has 0 aliphatic heterocycles. The Kier molecular flexibility index (Phi) is 7.19. The standard InChI is InChI=1S/C18H21N5O2.HI/c1-12-13(2)24-17(22-12)11-21-18(19-3)20-10-15-9-16(25-23-15)14-7-5-4-6-8-14;/h4-9H,10-11H2,1-3H3,(H2,19,20,21);1H. The largest absolute Gasteiger partial charge is 0.444 e. The highest BCUT2D eigenvalue weighted by molar-refractivity contribution is 14.0. The van der Waals surface area contributed by atoms with Crippen LogP contribution < -0.4 is 10.6 Å². The van der Waals surface area contributed by atoms with E-state index in [1.54, 1.807) is 7.05 Å². The van der Waals surface area contributed by atoms with E-state index in [-0.39, 0.29) is 24.0 Å². The van der Waals surface area contributed by atoms with Crippen LogP contribution in [0, 0.1) is 13.8 Å². The summed E-state index contributed by atoms with van der Waals surface area (Å²) in [7, 11) is 1.71. The van der Waals surface area contributed by atoms with Crippen molar-refractivity contribution in [3.8, 4) is 11.3 Å². The van der Waals surface area contributed by atoms with E-state index in [0.29, 0.717) is 24.9 Å². The number of aliphatic imine (C=N–C) groups is 1. The molecular formula is C18H22IN5O2. The molecule has 3 rings (SSSR count). The van der Waals surface area contributed by atoms with Gasteiger partial charge in [0.25, 0.3) is 0 Å². The minimum atomic E-state index is 0. The molecule has 0 spiro atoms. The second-order valence-electron chi connectivity index (χ2n) is 5.58. The number of guanidine groups is 1. The number of nitrogens with one attached hydrogen (secondary N) is 2. The molecule has 2 aromatic heterocycles. The predicted octanol–water partition coefficient (Wildman–Crippen LogP) is 3.43. The topological polar surface area (TPSA) is 88.5 Å². The fourth-order valence-corrected chi connectivity index (χ4v) is 2.30. The zero-order valence-electron chi connectivity index (χ0n) is 14.9. The fourth-order valence-electron chi connectivity index (χ4n) is 2.30. The molecule has 138 valence electrons. The molecule has 0 amide bonds. The minimum Gasteiger partial charge on any atom is -0.444 e. The Morgan fingerprint density at radius 2 is 1.85 bits per heavy atom. The van der Waals surface area contributed by atoms with Gasteiger partial charge >= 0.3 is 0 Å². The van der Waals surface area contributed by atoms with Crippen molar-refractivity contribution < 1.29 is 8.94 Å². The van der Waals surface area contributed by atoms with E-state index in [1.807, 2.05) is 50.2 Å². The lowest BCUT2D eigenvalue weighted by Gasteiger charge is -2.08. The molecular weight excluding hydrogens is 445 g/mol. The van der Waals surface area contributed by atoms with Crippen molar-refractivity contribution in [2.24, 2.45) is 4.99 Å². The zero-order chi connectivity index (χ0) is 17.6. The number of nitrogens with zero attached hydrogens (tertiary/aromatic N) is 3. The summed E-state index contributed by atoms with van der Waals surface area (Å²) >= 11 is 0. The first-order chi connectivity index (χ1) is 12.2. The molecule has 7 nitrogen and oxygen atoms in total. The van der Waals surface area contributed by atoms with E-state index >= 15 is 0 Å². The minimum absolute atomic E-state index is 0. The highest BCUT2D eigenvalue weighted by atomic mass is 127. The first kappa shape index (κ1) is 20.0. The molecule has 0 unspecified atom stereocenters. The van der Waals surface area contributed by atoms with Gasteiger partial charge in [-0.2, -0.15) is 0 Å². The van der Waals surface area contributed by atoms with Crippen LogP contribution >= 0.6 is 24.0 Å². The second-order valence-corrected chi connectivity index (χ2v) is 5.58. The SMILES string of the molecule is CN=C(NCc1cc(-c2ccccc2)on1)NCc1nc(C)c(C)o1.I. The highest BCUT2D eigenvalue weighted by Crippen LogP contribution is 2.19. The van der Waals surface area contributed by atoms with Crippen LogP contribution in [0.5, 0.6) is 0 Å². The Labute approximate surface area is 169 Å². The van der Waals surface area contributed by atoms with Crippen LogP contribution in [-0.2, 0) is 13.1 Å². The number of hydrogen-bond acceptors (Lipinski definition) is 5. The van der Waals surface area contributed by atoms with Gasteiger partial charge in [-0.15, -0.1) is 24.0 Å². The van der Waals surface area contributed by atoms with Crippen LogP contribution in [0.15, 0.2) is 50.3 Å². The van der Waals surface area contributed by atoms with Crippen LogP contribution in [0.2, 0.25) is 0 Å². The van der Waals surface area contributed by atoms with E-state index in [9.17, 15) is 0 Å². The molecule has 8 heteroatoms. The summed E-state index contributed by atoms with van der Waals surface area (Å²) in [5.74, 6) is 2.84. The summed E-state index contributed by atoms with van der Waals surface area (Å²) in [4.78, 5) is 8.51. The van der Waals surface area contributed by atoms with Crippen LogP contribution in [0.25, 0.3) is 11.3 Å². The average molecular weight is 467 g/mol. The number of aryl methyl sites for hydroxylation is 2. The quantitative estimate of drug-likeness (QED) is 0.340. The molecule has 26 heavy (non-hydrogen) atoms. The summed E-state index contributed by atoms with van der Waals surface area (Å²) in [5, 5.41) is 10.4. The van der Waals surface area contributed by atoms with Crippen molar-refractivity contribution in [3.63, 3.8) is 0 Å². The third-order valence-corrected chi connectivity index (χ3v) is 3.76. The molecule has 0 radical (unpaired) electrons. The Hall–Kier alpha value is -2.36. The van der Waals surface area contributed by atoms with Gasteiger partial charge in [-0.3, -0.25) is 4.99 Å². The zero-order valence-corrected chi connectivity index (χ0v) is 17.3. The van der Waals surface area contributed by atoms with Crippen LogP contribution in [0.4, 0.5) is 0 Å². The second kappa shape index (κ2) is 9.37. The summed E-state index contributed by atoms with van der Waals surface area (Å²) in [6.07, 6.45) is 0. The van der Waals surface area contributed by atoms with Gasteiger partial charge in [0.15, 0.2) is 11.7 Å². The lowest BCUT2D eigenvalue weighted by molar-refractivity contribution is 0.422. The van der Waals surface area contributed by atoms with Gasteiger partial charge in [0, 0.05) is 18.7 Å². The Morgan fingerprint density at radius 1 is 1.12 bits per heavy atom. The lowest BCUT2D eigenvalue weighted by Crippen LogP contribution is -2.36. The smallest absolute Gasteiger partial charge is 0.214 e. The molecule has 0 bridgehead atoms. The van der Waals surface area contributed by atoms with Crippen molar-refractivity contribution >= 4 is 29.9 Å². The highest BCUT2D eigenvalue weighted by Gasteiger charge is 2.09. The van der Waals surface area contributed by atoms with E-state index in [2.05, 4.69) is 25.8 Å². The van der Waals surface area contributed by atoms with Crippen molar-refractivity contribution in [3.05, 3.63) is 59.4 Å². The number of aromatic nitrogens is 2. The predicted molar refractivity (Wildman–Crippen MR) is 110 cm³/mol. The van der Waals surface area contributed by atoms with Crippen molar-refractivity contribution in [2.75, 3.05) is 7.05 Å². The van der Waals surface area contributed by atoms with Gasteiger partial charge < -0.3 is 19.6 Å². The van der Waals surface area contributed by atoms with Gasteiger partial charge in [0.05, 0.1) is 18.8 Å². The molecule has 0 aliphatic carbocycles. The maximum absolute atomic E-state index is 5.54. The molecule has 0 saturated heterocycles. The van der Waals surface area contributed by atoms with Gasteiger partial charge in [-0.1, -0.05) is 35.5 Å². The van der Waals surface area contributed by atoms with Gasteiger partial charge in [0.2, 0.25) is 5.89 Å². The number of benzene rings is 1. The van der Waals surface area contributed by atoms with E-state index in [1.165, 1.54) is 0 Å². The lowest BCUT2D eigenvalue weighted by atomic mass is 10.2. The molecule has 0 saturated carbocycles. The van der Waals surface area contributed by atoms with Crippen molar-refractivity contribution in [1.29, 1.82) is 0 Å². The number of oxazole rings is 1. The van der Waals surface area contributed by atoms with Crippen molar-refractivity contribution in [2.45, 2.75) is 26.9 Å². The first-order valence-electron chi connectivity index (χ1n) is 8.04. The third kappa shape index (κ3) is 5.07. The van der Waals surface area contributed by atoms with Crippen LogP contribution in [0.1, 0.15) is 23.0 Å². The molecule has 0 aliphatic rings. The van der Waals surface area contributed by atoms with E-state index < -0.39 is 0 Å². The Bertz CT molecular complexity index is 838. The van der Waals surface area contributed by atoms with Gasteiger partial charge in [-0.05, 0) is 13.8 Å². The summed E-state index contributed by atoms with van der Waals surface area (Å²) in [6.45, 7) is 4.78. The molecule has 3 aromatic rings. The molecule has 1 aromatic carbocycles. The molecule has 2 N–H and O–H groups in total. The number of hydrogen-bond donors (Lipinski definition) is 2. The maximum Gasteiger partial charge on any atom is 0.214 e. The molecule has 2 heterocycles. The molecule has 0 atom stereocenters. The van der Waals surface area contributed by atoms with Gasteiger partial charge in [-0.25, -0.2) is 4.98 Å². The van der Waals surface area contributed by atoms with Crippen LogP contribution in [-0.4, -0.2) is 23.1 Å². The maximum atomic E-state index is 5.54. The third-order valence-electron chi connectivity index (χ3n) is 3.76. The summed E-state index contributed by atoms with van der Waals surface area (Å²) in [6, 6.07) is 11.8. The number of halogens is 1. The normalized spacial score (nSPS) is 11.1. The monoisotopic (exact) mass is 467 g/mol. The van der Waals surface area contributed by atoms with Crippen LogP contribution in [0.3, 0.4) is 0 Å². The average Bonchev–Trinajstić information content (AvgIpc) is 3.23. The first-order valence-corrected chi connectivity index (χ1v) is 8.04. The van der Waals surface area contributed by atoms with Crippen molar-refractivity contribution in [1.82, 2.24) is 20.8 Å². The molecule has 0 fully saturated rings. The fraction of sp³-hybridized carbons (Fsp3) is 0.278. The van der Waals surface area contributed by atoms with E-state index in [0.717, 1.165) is 28.5 Å². The van der Waals surface area contributed by atoms with E-state index in [4.69, 9.17) is 8.94 Å². The Morgan fingerprint density at radius 3 is 2.50 bits per heavy atom. The Balaban J connectivity index is 0.00000243.